The summed E-state index contributed by atoms with van der Waals surface area (Å²) in [6, 6.07) is 0.265. The molecule has 114 valence electrons. The Morgan fingerprint density at radius 2 is 1.86 bits per heavy atom. The highest BCUT2D eigenvalue weighted by Gasteiger charge is 2.42. The van der Waals surface area contributed by atoms with Gasteiger partial charge in [-0.05, 0) is 38.5 Å². The number of nitrogens with two attached hydrogens (primary N) is 2. The maximum atomic E-state index is 6.08. The molecule has 2 heterocycles. The number of rotatable bonds is 1. The molecule has 2 fully saturated rings. The average Bonchev–Trinajstić information content (AvgIpc) is 3.09. The predicted octanol–water partition coefficient (Wildman–Crippen LogP) is 1.74. The normalized spacial score (nSPS) is 27.3. The maximum absolute atomic E-state index is 6.08. The Balaban J connectivity index is 1.81. The van der Waals surface area contributed by atoms with E-state index in [0.29, 0.717) is 11.4 Å². The maximum Gasteiger partial charge on any atom is 0.222 e. The second kappa shape index (κ2) is 4.83. The minimum Gasteiger partial charge on any atom is -0.368 e. The van der Waals surface area contributed by atoms with E-state index in [1.54, 1.807) is 0 Å². The lowest BCUT2D eigenvalue weighted by Crippen LogP contribution is -2.34. The molecule has 1 spiro atoms. The molecule has 1 saturated heterocycles. The van der Waals surface area contributed by atoms with E-state index >= 15 is 0 Å². The summed E-state index contributed by atoms with van der Waals surface area (Å²) in [5.74, 6) is 1.52. The highest BCUT2D eigenvalue weighted by molar-refractivity contribution is 5.55. The van der Waals surface area contributed by atoms with Gasteiger partial charge in [0.25, 0.3) is 0 Å². The lowest BCUT2D eigenvalue weighted by molar-refractivity contribution is 0.357. The van der Waals surface area contributed by atoms with Crippen LogP contribution in [0.15, 0.2) is 0 Å². The number of hydrogen-bond acceptors (Lipinski definition) is 5. The molecule has 1 saturated carbocycles. The van der Waals surface area contributed by atoms with Gasteiger partial charge < -0.3 is 16.4 Å². The number of aromatic nitrogens is 2. The van der Waals surface area contributed by atoms with Gasteiger partial charge in [-0.1, -0.05) is 12.8 Å². The third-order valence-electron chi connectivity index (χ3n) is 5.67. The fraction of sp³-hybridized carbons (Fsp3) is 0.750. The van der Waals surface area contributed by atoms with E-state index in [1.165, 1.54) is 49.8 Å². The molecule has 1 aromatic heterocycles. The van der Waals surface area contributed by atoms with Gasteiger partial charge in [0.1, 0.15) is 5.82 Å². The van der Waals surface area contributed by atoms with Crippen LogP contribution in [-0.4, -0.2) is 29.1 Å². The number of anilines is 2. The van der Waals surface area contributed by atoms with Crippen molar-refractivity contribution in [1.29, 1.82) is 0 Å². The van der Waals surface area contributed by atoms with E-state index in [4.69, 9.17) is 16.5 Å². The Kier molecular flexibility index (Phi) is 3.06. The molecule has 4 rings (SSSR count). The summed E-state index contributed by atoms with van der Waals surface area (Å²) in [6.45, 7) is 1.90. The Bertz CT molecular complexity index is 550. The van der Waals surface area contributed by atoms with Crippen LogP contribution in [0.5, 0.6) is 0 Å². The van der Waals surface area contributed by atoms with E-state index < -0.39 is 0 Å². The van der Waals surface area contributed by atoms with Crippen molar-refractivity contribution in [3.63, 3.8) is 0 Å². The number of nitrogen functional groups attached to an aromatic ring is 1. The predicted molar refractivity (Wildman–Crippen MR) is 84.3 cm³/mol. The molecule has 3 aliphatic rings. The molecule has 1 atom stereocenters. The van der Waals surface area contributed by atoms with Gasteiger partial charge in [-0.25, -0.2) is 4.98 Å². The molecule has 1 unspecified atom stereocenters. The zero-order valence-electron chi connectivity index (χ0n) is 12.6. The van der Waals surface area contributed by atoms with Crippen LogP contribution >= 0.6 is 0 Å². The van der Waals surface area contributed by atoms with Crippen LogP contribution in [0.1, 0.15) is 56.2 Å². The molecule has 21 heavy (non-hydrogen) atoms. The second-order valence-electron chi connectivity index (χ2n) is 7.07. The first-order chi connectivity index (χ1) is 10.2. The van der Waals surface area contributed by atoms with Crippen molar-refractivity contribution in [3.05, 3.63) is 11.3 Å². The molecule has 0 aromatic carbocycles. The molecule has 4 N–H and O–H groups in total. The van der Waals surface area contributed by atoms with Crippen LogP contribution in [-0.2, 0) is 11.8 Å². The van der Waals surface area contributed by atoms with E-state index in [9.17, 15) is 0 Å². The van der Waals surface area contributed by atoms with E-state index in [1.807, 2.05) is 0 Å². The van der Waals surface area contributed by atoms with Crippen LogP contribution in [0.3, 0.4) is 0 Å². The first-order valence-electron chi connectivity index (χ1n) is 8.35. The molecule has 1 aromatic rings. The molecular formula is C16H25N5. The number of hydrogen-bond donors (Lipinski definition) is 2. The highest BCUT2D eigenvalue weighted by Crippen LogP contribution is 2.49. The van der Waals surface area contributed by atoms with Gasteiger partial charge in [0.05, 0.1) is 5.69 Å². The molecule has 0 amide bonds. The first kappa shape index (κ1) is 13.3. The van der Waals surface area contributed by atoms with Crippen LogP contribution < -0.4 is 16.4 Å². The fourth-order valence-electron chi connectivity index (χ4n) is 4.66. The number of nitrogens with zero attached hydrogens (tertiary/aromatic N) is 3. The van der Waals surface area contributed by atoms with Crippen molar-refractivity contribution in [2.45, 2.75) is 62.8 Å². The molecule has 0 bridgehead atoms. The first-order valence-corrected chi connectivity index (χ1v) is 8.35. The van der Waals surface area contributed by atoms with Crippen molar-refractivity contribution < 1.29 is 0 Å². The lowest BCUT2D eigenvalue weighted by Gasteiger charge is -2.36. The van der Waals surface area contributed by atoms with Crippen LogP contribution in [0.25, 0.3) is 0 Å². The van der Waals surface area contributed by atoms with Gasteiger partial charge in [-0.15, -0.1) is 0 Å². The Morgan fingerprint density at radius 3 is 2.57 bits per heavy atom. The van der Waals surface area contributed by atoms with E-state index in [0.717, 1.165) is 31.7 Å². The standard InChI is InChI=1S/C16H25N5/c17-11-5-9-21(10-11)14-12-4-3-8-16(6-1-2-7-16)13(12)19-15(18)20-14/h11H,1-10,17H2,(H2,18,19,20). The minimum atomic E-state index is 0.265. The quantitative estimate of drug-likeness (QED) is 0.822. The molecule has 5 heteroatoms. The third-order valence-corrected chi connectivity index (χ3v) is 5.67. The Morgan fingerprint density at radius 1 is 1.10 bits per heavy atom. The van der Waals surface area contributed by atoms with Gasteiger partial charge >= 0.3 is 0 Å². The third kappa shape index (κ3) is 2.09. The Hall–Kier alpha value is -1.36. The van der Waals surface area contributed by atoms with Crippen molar-refractivity contribution in [2.75, 3.05) is 23.7 Å². The van der Waals surface area contributed by atoms with Crippen molar-refractivity contribution in [1.82, 2.24) is 9.97 Å². The monoisotopic (exact) mass is 287 g/mol. The molecule has 5 nitrogen and oxygen atoms in total. The Labute approximate surface area is 126 Å². The molecule has 1 aliphatic heterocycles. The summed E-state index contributed by atoms with van der Waals surface area (Å²) in [7, 11) is 0. The van der Waals surface area contributed by atoms with E-state index in [2.05, 4.69) is 9.88 Å². The average molecular weight is 287 g/mol. The second-order valence-corrected chi connectivity index (χ2v) is 7.07. The largest absolute Gasteiger partial charge is 0.368 e. The van der Waals surface area contributed by atoms with Crippen molar-refractivity contribution in [2.24, 2.45) is 5.73 Å². The van der Waals surface area contributed by atoms with Crippen LogP contribution in [0.4, 0.5) is 11.8 Å². The van der Waals surface area contributed by atoms with Crippen LogP contribution in [0.2, 0.25) is 0 Å². The van der Waals surface area contributed by atoms with Gasteiger partial charge in [0.2, 0.25) is 5.95 Å². The van der Waals surface area contributed by atoms with Crippen molar-refractivity contribution >= 4 is 11.8 Å². The topological polar surface area (TPSA) is 81.1 Å². The summed E-state index contributed by atoms with van der Waals surface area (Å²) in [6.07, 6.45) is 9.87. The molecule has 2 aliphatic carbocycles. The summed E-state index contributed by atoms with van der Waals surface area (Å²) >= 11 is 0. The smallest absolute Gasteiger partial charge is 0.222 e. The van der Waals surface area contributed by atoms with Gasteiger partial charge in [0.15, 0.2) is 0 Å². The summed E-state index contributed by atoms with van der Waals surface area (Å²) in [4.78, 5) is 11.6. The highest BCUT2D eigenvalue weighted by atomic mass is 15.2. The SMILES string of the molecule is Nc1nc(N2CCC(N)C2)c2c(n1)C1(CCCC1)CCC2. The zero-order valence-corrected chi connectivity index (χ0v) is 12.6. The molecule has 0 radical (unpaired) electrons. The van der Waals surface area contributed by atoms with Gasteiger partial charge in [-0.3, -0.25) is 0 Å². The lowest BCUT2D eigenvalue weighted by atomic mass is 9.71. The number of fused-ring (bicyclic) bond motifs is 2. The van der Waals surface area contributed by atoms with Gasteiger partial charge in [-0.2, -0.15) is 4.98 Å². The van der Waals surface area contributed by atoms with E-state index in [-0.39, 0.29) is 6.04 Å². The molecular weight excluding hydrogens is 262 g/mol. The van der Waals surface area contributed by atoms with Gasteiger partial charge in [0, 0.05) is 30.1 Å². The van der Waals surface area contributed by atoms with Crippen LogP contribution in [0, 0.1) is 0 Å². The zero-order chi connectivity index (χ0) is 14.4. The summed E-state index contributed by atoms with van der Waals surface area (Å²) in [5.41, 5.74) is 15.1. The summed E-state index contributed by atoms with van der Waals surface area (Å²) in [5, 5.41) is 0. The summed E-state index contributed by atoms with van der Waals surface area (Å²) < 4.78 is 0. The van der Waals surface area contributed by atoms with Crippen molar-refractivity contribution in [3.8, 4) is 0 Å². The fourth-order valence-corrected chi connectivity index (χ4v) is 4.66. The minimum absolute atomic E-state index is 0.265.